The molecule has 0 bridgehead atoms. The van der Waals surface area contributed by atoms with Gasteiger partial charge in [-0.25, -0.2) is 0 Å². The van der Waals surface area contributed by atoms with Crippen molar-refractivity contribution in [3.8, 4) is 16.9 Å². The molecule has 0 aliphatic carbocycles. The summed E-state index contributed by atoms with van der Waals surface area (Å²) in [5.74, 6) is 0.798. The molecule has 0 aromatic heterocycles. The SMILES string of the molecule is CCOc1ccc(CNC(=O)c2ccc(-c3ccc4c(c3)CCN4C(C)=O)cc2)cc1. The van der Waals surface area contributed by atoms with E-state index in [1.807, 2.05) is 72.5 Å². The summed E-state index contributed by atoms with van der Waals surface area (Å²) in [7, 11) is 0. The van der Waals surface area contributed by atoms with Gasteiger partial charge in [0.1, 0.15) is 5.75 Å². The second kappa shape index (κ2) is 9.04. The number of carbonyl (C=O) groups is 2. The highest BCUT2D eigenvalue weighted by Crippen LogP contribution is 2.32. The highest BCUT2D eigenvalue weighted by atomic mass is 16.5. The highest BCUT2D eigenvalue weighted by Gasteiger charge is 2.22. The molecule has 3 aromatic rings. The molecule has 2 amide bonds. The molecule has 0 fully saturated rings. The van der Waals surface area contributed by atoms with E-state index in [0.29, 0.717) is 18.7 Å². The molecule has 1 N–H and O–H groups in total. The molecule has 0 unspecified atom stereocenters. The summed E-state index contributed by atoms with van der Waals surface area (Å²) in [6, 6.07) is 21.5. The Kier molecular flexibility index (Phi) is 6.03. The third kappa shape index (κ3) is 4.61. The molecule has 1 aliphatic heterocycles. The molecule has 5 heteroatoms. The Bertz CT molecular complexity index is 1090. The number of hydrogen-bond donors (Lipinski definition) is 1. The molecule has 0 saturated carbocycles. The van der Waals surface area contributed by atoms with Gasteiger partial charge in [-0.15, -0.1) is 0 Å². The molecule has 5 nitrogen and oxygen atoms in total. The topological polar surface area (TPSA) is 58.6 Å². The molecule has 3 aromatic carbocycles. The van der Waals surface area contributed by atoms with E-state index in [-0.39, 0.29) is 11.8 Å². The van der Waals surface area contributed by atoms with E-state index < -0.39 is 0 Å². The van der Waals surface area contributed by atoms with E-state index in [4.69, 9.17) is 4.74 Å². The van der Waals surface area contributed by atoms with Crippen LogP contribution in [0.4, 0.5) is 5.69 Å². The van der Waals surface area contributed by atoms with Crippen molar-refractivity contribution in [3.05, 3.63) is 83.4 Å². The maximum absolute atomic E-state index is 12.5. The number of rotatable bonds is 6. The summed E-state index contributed by atoms with van der Waals surface area (Å²) in [6.07, 6.45) is 0.870. The molecule has 0 radical (unpaired) electrons. The summed E-state index contributed by atoms with van der Waals surface area (Å²) in [4.78, 5) is 26.1. The third-order valence-electron chi connectivity index (χ3n) is 5.52. The van der Waals surface area contributed by atoms with Crippen LogP contribution in [0.25, 0.3) is 11.1 Å². The van der Waals surface area contributed by atoms with Crippen molar-refractivity contribution in [2.24, 2.45) is 0 Å². The zero-order valence-electron chi connectivity index (χ0n) is 17.9. The Morgan fingerprint density at radius 3 is 2.35 bits per heavy atom. The molecule has 0 atom stereocenters. The first-order chi connectivity index (χ1) is 15.0. The number of hydrogen-bond acceptors (Lipinski definition) is 3. The van der Waals surface area contributed by atoms with Crippen LogP contribution in [-0.2, 0) is 17.8 Å². The maximum Gasteiger partial charge on any atom is 0.251 e. The first-order valence-corrected chi connectivity index (χ1v) is 10.6. The molecule has 4 rings (SSSR count). The van der Waals surface area contributed by atoms with Crippen molar-refractivity contribution in [1.82, 2.24) is 5.32 Å². The minimum Gasteiger partial charge on any atom is -0.494 e. The van der Waals surface area contributed by atoms with Gasteiger partial charge in [-0.2, -0.15) is 0 Å². The Morgan fingerprint density at radius 1 is 0.968 bits per heavy atom. The second-order valence-corrected chi connectivity index (χ2v) is 7.60. The van der Waals surface area contributed by atoms with Gasteiger partial charge in [0.25, 0.3) is 5.91 Å². The van der Waals surface area contributed by atoms with E-state index in [0.717, 1.165) is 41.1 Å². The first-order valence-electron chi connectivity index (χ1n) is 10.6. The van der Waals surface area contributed by atoms with E-state index in [2.05, 4.69) is 11.4 Å². The van der Waals surface area contributed by atoms with Gasteiger partial charge in [-0.05, 0) is 72.0 Å². The number of amides is 2. The molecular formula is C26H26N2O3. The highest BCUT2D eigenvalue weighted by molar-refractivity contribution is 5.95. The van der Waals surface area contributed by atoms with Crippen LogP contribution >= 0.6 is 0 Å². The summed E-state index contributed by atoms with van der Waals surface area (Å²) < 4.78 is 5.44. The largest absolute Gasteiger partial charge is 0.494 e. The standard InChI is InChI=1S/C26H26N2O3/c1-3-31-24-11-4-19(5-12-24)17-27-26(30)21-8-6-20(7-9-21)22-10-13-25-23(16-22)14-15-28(25)18(2)29/h4-13,16H,3,14-15,17H2,1-2H3,(H,27,30). The summed E-state index contributed by atoms with van der Waals surface area (Å²) in [5.41, 5.74) is 5.97. The van der Waals surface area contributed by atoms with Gasteiger partial charge >= 0.3 is 0 Å². The normalized spacial score (nSPS) is 12.4. The van der Waals surface area contributed by atoms with Crippen molar-refractivity contribution in [2.75, 3.05) is 18.1 Å². The Labute approximate surface area is 182 Å². The van der Waals surface area contributed by atoms with Gasteiger partial charge in [0, 0.05) is 31.3 Å². The predicted octanol–water partition coefficient (Wildman–Crippen LogP) is 4.59. The Hall–Kier alpha value is -3.60. The minimum atomic E-state index is -0.105. The number of nitrogens with zero attached hydrogens (tertiary/aromatic N) is 1. The van der Waals surface area contributed by atoms with Crippen molar-refractivity contribution in [2.45, 2.75) is 26.8 Å². The predicted molar refractivity (Wildman–Crippen MR) is 122 cm³/mol. The number of ether oxygens (including phenoxy) is 1. The average molecular weight is 415 g/mol. The third-order valence-corrected chi connectivity index (χ3v) is 5.52. The van der Waals surface area contributed by atoms with Crippen LogP contribution in [0.2, 0.25) is 0 Å². The van der Waals surface area contributed by atoms with Gasteiger partial charge in [-0.3, -0.25) is 9.59 Å². The lowest BCUT2D eigenvalue weighted by molar-refractivity contribution is -0.116. The van der Waals surface area contributed by atoms with E-state index in [1.165, 1.54) is 5.56 Å². The van der Waals surface area contributed by atoms with Crippen molar-refractivity contribution < 1.29 is 14.3 Å². The number of anilines is 1. The molecule has 0 saturated heterocycles. The fourth-order valence-corrected chi connectivity index (χ4v) is 3.88. The van der Waals surface area contributed by atoms with Crippen LogP contribution < -0.4 is 15.0 Å². The van der Waals surface area contributed by atoms with Crippen LogP contribution in [0.5, 0.6) is 5.75 Å². The van der Waals surface area contributed by atoms with Crippen LogP contribution in [0.3, 0.4) is 0 Å². The van der Waals surface area contributed by atoms with Crippen molar-refractivity contribution in [3.63, 3.8) is 0 Å². The van der Waals surface area contributed by atoms with Gasteiger partial charge in [-0.1, -0.05) is 30.3 Å². The van der Waals surface area contributed by atoms with Gasteiger partial charge in [0.05, 0.1) is 6.61 Å². The van der Waals surface area contributed by atoms with Gasteiger partial charge < -0.3 is 15.0 Å². The molecule has 1 aliphatic rings. The van der Waals surface area contributed by atoms with E-state index >= 15 is 0 Å². The van der Waals surface area contributed by atoms with Gasteiger partial charge in [0.2, 0.25) is 5.91 Å². The van der Waals surface area contributed by atoms with Gasteiger partial charge in [0.15, 0.2) is 0 Å². The molecule has 158 valence electrons. The van der Waals surface area contributed by atoms with Crippen LogP contribution in [0.1, 0.15) is 35.3 Å². The quantitative estimate of drug-likeness (QED) is 0.642. The Morgan fingerprint density at radius 2 is 1.68 bits per heavy atom. The average Bonchev–Trinajstić information content (AvgIpc) is 3.22. The fourth-order valence-electron chi connectivity index (χ4n) is 3.88. The van der Waals surface area contributed by atoms with E-state index in [1.54, 1.807) is 6.92 Å². The monoisotopic (exact) mass is 414 g/mol. The lowest BCUT2D eigenvalue weighted by Gasteiger charge is -2.15. The summed E-state index contributed by atoms with van der Waals surface area (Å²) in [6.45, 7) is 5.38. The van der Waals surface area contributed by atoms with Crippen molar-refractivity contribution in [1.29, 1.82) is 0 Å². The number of benzene rings is 3. The summed E-state index contributed by atoms with van der Waals surface area (Å²) >= 11 is 0. The van der Waals surface area contributed by atoms with Crippen LogP contribution in [0, 0.1) is 0 Å². The number of carbonyl (C=O) groups excluding carboxylic acids is 2. The molecule has 31 heavy (non-hydrogen) atoms. The summed E-state index contributed by atoms with van der Waals surface area (Å²) in [5, 5.41) is 2.96. The smallest absolute Gasteiger partial charge is 0.251 e. The van der Waals surface area contributed by atoms with Crippen molar-refractivity contribution >= 4 is 17.5 Å². The fraction of sp³-hybridized carbons (Fsp3) is 0.231. The lowest BCUT2D eigenvalue weighted by Crippen LogP contribution is -2.25. The molecule has 0 spiro atoms. The zero-order chi connectivity index (χ0) is 21.8. The zero-order valence-corrected chi connectivity index (χ0v) is 17.9. The minimum absolute atomic E-state index is 0.0760. The Balaban J connectivity index is 1.40. The number of nitrogens with one attached hydrogen (secondary N) is 1. The molecular weight excluding hydrogens is 388 g/mol. The van der Waals surface area contributed by atoms with Crippen LogP contribution in [-0.4, -0.2) is 25.0 Å². The molecule has 1 heterocycles. The number of fused-ring (bicyclic) bond motifs is 1. The second-order valence-electron chi connectivity index (χ2n) is 7.60. The lowest BCUT2D eigenvalue weighted by atomic mass is 10.0. The van der Waals surface area contributed by atoms with Crippen LogP contribution in [0.15, 0.2) is 66.7 Å². The maximum atomic E-state index is 12.5. The van der Waals surface area contributed by atoms with E-state index in [9.17, 15) is 9.59 Å². The first kappa shape index (κ1) is 20.7.